The van der Waals surface area contributed by atoms with Gasteiger partial charge in [0.05, 0.1) is 6.04 Å². The van der Waals surface area contributed by atoms with Gasteiger partial charge in [0.1, 0.15) is 11.6 Å². The lowest BCUT2D eigenvalue weighted by Gasteiger charge is -2.14. The fourth-order valence-electron chi connectivity index (χ4n) is 2.45. The first-order valence-corrected chi connectivity index (χ1v) is 8.44. The van der Waals surface area contributed by atoms with Crippen molar-refractivity contribution >= 4 is 27.9 Å². The average molecular weight is 399 g/mol. The number of hydrogen-bond acceptors (Lipinski definition) is 4. The monoisotopic (exact) mass is 398 g/mol. The SMILES string of the molecule is C[C@@H](NC(=O)/C(C#N)=C/c1cc2c(cc1Br)OCO2)c1ccccc1. The molecule has 25 heavy (non-hydrogen) atoms. The van der Waals surface area contributed by atoms with Gasteiger partial charge in [-0.05, 0) is 36.3 Å². The van der Waals surface area contributed by atoms with Crippen molar-refractivity contribution < 1.29 is 14.3 Å². The summed E-state index contributed by atoms with van der Waals surface area (Å²) < 4.78 is 11.3. The number of amides is 1. The molecule has 1 aliphatic heterocycles. The third kappa shape index (κ3) is 3.83. The van der Waals surface area contributed by atoms with E-state index in [4.69, 9.17) is 9.47 Å². The Morgan fingerprint density at radius 3 is 2.64 bits per heavy atom. The summed E-state index contributed by atoms with van der Waals surface area (Å²) in [6.45, 7) is 2.04. The quantitative estimate of drug-likeness (QED) is 0.624. The fraction of sp³-hybridized carbons (Fsp3) is 0.158. The first-order chi connectivity index (χ1) is 12.1. The first kappa shape index (κ1) is 17.1. The van der Waals surface area contributed by atoms with E-state index in [0.29, 0.717) is 21.5 Å². The molecule has 0 fully saturated rings. The van der Waals surface area contributed by atoms with Crippen LogP contribution in [0.1, 0.15) is 24.1 Å². The molecule has 1 aliphatic rings. The van der Waals surface area contributed by atoms with Crippen molar-refractivity contribution in [1.29, 1.82) is 5.26 Å². The minimum Gasteiger partial charge on any atom is -0.454 e. The zero-order valence-electron chi connectivity index (χ0n) is 13.5. The van der Waals surface area contributed by atoms with Crippen LogP contribution in [0.5, 0.6) is 11.5 Å². The highest BCUT2D eigenvalue weighted by Crippen LogP contribution is 2.37. The van der Waals surface area contributed by atoms with E-state index >= 15 is 0 Å². The van der Waals surface area contributed by atoms with Gasteiger partial charge in [-0.25, -0.2) is 0 Å². The van der Waals surface area contributed by atoms with Crippen LogP contribution in [-0.2, 0) is 4.79 Å². The van der Waals surface area contributed by atoms with Crippen molar-refractivity contribution in [2.24, 2.45) is 0 Å². The highest BCUT2D eigenvalue weighted by Gasteiger charge is 2.18. The summed E-state index contributed by atoms with van der Waals surface area (Å²) >= 11 is 3.42. The van der Waals surface area contributed by atoms with Crippen molar-refractivity contribution in [1.82, 2.24) is 5.32 Å². The third-order valence-corrected chi connectivity index (χ3v) is 4.49. The molecule has 0 aliphatic carbocycles. The Morgan fingerprint density at radius 2 is 1.96 bits per heavy atom. The molecule has 0 unspecified atom stereocenters. The van der Waals surface area contributed by atoms with Crippen molar-refractivity contribution in [3.05, 3.63) is 63.6 Å². The van der Waals surface area contributed by atoms with Crippen LogP contribution in [0, 0.1) is 11.3 Å². The molecule has 1 atom stereocenters. The molecule has 1 N–H and O–H groups in total. The lowest BCUT2D eigenvalue weighted by atomic mass is 10.1. The molecule has 0 aromatic heterocycles. The van der Waals surface area contributed by atoms with Crippen molar-refractivity contribution in [3.8, 4) is 17.6 Å². The Hall–Kier alpha value is -2.78. The van der Waals surface area contributed by atoms with Gasteiger partial charge in [0.15, 0.2) is 11.5 Å². The maximum atomic E-state index is 12.4. The zero-order valence-corrected chi connectivity index (χ0v) is 15.0. The van der Waals surface area contributed by atoms with Gasteiger partial charge in [0.2, 0.25) is 6.79 Å². The topological polar surface area (TPSA) is 71.4 Å². The predicted molar refractivity (Wildman–Crippen MR) is 96.9 cm³/mol. The third-order valence-electron chi connectivity index (χ3n) is 3.80. The standard InChI is InChI=1S/C19H15BrN2O3/c1-12(13-5-3-2-4-6-13)22-19(23)15(10-21)7-14-8-17-18(9-16(14)20)25-11-24-17/h2-9,12H,11H2,1H3,(H,22,23)/b15-7+/t12-/m1/s1. The highest BCUT2D eigenvalue weighted by atomic mass is 79.9. The van der Waals surface area contributed by atoms with E-state index in [9.17, 15) is 10.1 Å². The maximum Gasteiger partial charge on any atom is 0.262 e. The van der Waals surface area contributed by atoms with Crippen molar-refractivity contribution in [2.75, 3.05) is 6.79 Å². The first-order valence-electron chi connectivity index (χ1n) is 7.65. The van der Waals surface area contributed by atoms with Crippen LogP contribution in [0.4, 0.5) is 0 Å². The summed E-state index contributed by atoms with van der Waals surface area (Å²) in [5.74, 6) is 0.790. The van der Waals surface area contributed by atoms with Gasteiger partial charge in [-0.15, -0.1) is 0 Å². The normalized spacial score (nSPS) is 13.9. The number of ether oxygens (including phenoxy) is 2. The zero-order chi connectivity index (χ0) is 17.8. The van der Waals surface area contributed by atoms with E-state index in [-0.39, 0.29) is 18.4 Å². The summed E-state index contributed by atoms with van der Waals surface area (Å²) in [6, 6.07) is 14.8. The Kier molecular flexibility index (Phi) is 5.05. The summed E-state index contributed by atoms with van der Waals surface area (Å²) in [5, 5.41) is 12.2. The van der Waals surface area contributed by atoms with Gasteiger partial charge in [-0.3, -0.25) is 4.79 Å². The van der Waals surface area contributed by atoms with E-state index in [0.717, 1.165) is 5.56 Å². The molecule has 2 aromatic rings. The smallest absolute Gasteiger partial charge is 0.262 e. The highest BCUT2D eigenvalue weighted by molar-refractivity contribution is 9.10. The summed E-state index contributed by atoms with van der Waals surface area (Å²) in [4.78, 5) is 12.4. The minimum absolute atomic E-state index is 0.0161. The van der Waals surface area contributed by atoms with Crippen molar-refractivity contribution in [2.45, 2.75) is 13.0 Å². The maximum absolute atomic E-state index is 12.4. The summed E-state index contributed by atoms with van der Waals surface area (Å²) in [5.41, 5.74) is 1.66. The van der Waals surface area contributed by atoms with Crippen LogP contribution in [0.2, 0.25) is 0 Å². The molecule has 0 saturated carbocycles. The Bertz CT molecular complexity index is 872. The molecule has 0 saturated heterocycles. The van der Waals surface area contributed by atoms with E-state index in [1.54, 1.807) is 12.1 Å². The Balaban J connectivity index is 1.81. The Labute approximate surface area is 154 Å². The molecular formula is C19H15BrN2O3. The van der Waals surface area contributed by atoms with Gasteiger partial charge in [-0.2, -0.15) is 5.26 Å². The van der Waals surface area contributed by atoms with E-state index in [1.807, 2.05) is 43.3 Å². The number of benzene rings is 2. The second-order valence-electron chi connectivity index (χ2n) is 5.50. The number of carbonyl (C=O) groups is 1. The molecule has 0 bridgehead atoms. The van der Waals surface area contributed by atoms with Crippen LogP contribution in [0.15, 0.2) is 52.5 Å². The van der Waals surface area contributed by atoms with Gasteiger partial charge in [-0.1, -0.05) is 46.3 Å². The molecule has 3 rings (SSSR count). The number of fused-ring (bicyclic) bond motifs is 1. The van der Waals surface area contributed by atoms with Crippen LogP contribution < -0.4 is 14.8 Å². The minimum atomic E-state index is -0.427. The van der Waals surface area contributed by atoms with Crippen molar-refractivity contribution in [3.63, 3.8) is 0 Å². The molecule has 2 aromatic carbocycles. The van der Waals surface area contributed by atoms with E-state index in [2.05, 4.69) is 21.2 Å². The molecule has 0 spiro atoms. The van der Waals surface area contributed by atoms with Gasteiger partial charge in [0, 0.05) is 4.47 Å². The second kappa shape index (κ2) is 7.41. The molecule has 6 heteroatoms. The lowest BCUT2D eigenvalue weighted by Crippen LogP contribution is -2.27. The van der Waals surface area contributed by atoms with Gasteiger partial charge < -0.3 is 14.8 Å². The van der Waals surface area contributed by atoms with Crippen LogP contribution in [0.25, 0.3) is 6.08 Å². The van der Waals surface area contributed by atoms with Gasteiger partial charge in [0.25, 0.3) is 5.91 Å². The number of nitrogens with zero attached hydrogens (tertiary/aromatic N) is 1. The molecule has 1 amide bonds. The summed E-state index contributed by atoms with van der Waals surface area (Å²) in [7, 11) is 0. The molecule has 126 valence electrons. The second-order valence-corrected chi connectivity index (χ2v) is 6.36. The summed E-state index contributed by atoms with van der Waals surface area (Å²) in [6.07, 6.45) is 1.53. The molecule has 1 heterocycles. The number of carbonyl (C=O) groups excluding carboxylic acids is 1. The number of nitrogens with one attached hydrogen (secondary N) is 1. The molecule has 0 radical (unpaired) electrons. The molecular weight excluding hydrogens is 384 g/mol. The Morgan fingerprint density at radius 1 is 1.28 bits per heavy atom. The van der Waals surface area contributed by atoms with Crippen LogP contribution in [-0.4, -0.2) is 12.7 Å². The number of rotatable bonds is 4. The van der Waals surface area contributed by atoms with Crippen LogP contribution in [0.3, 0.4) is 0 Å². The van der Waals surface area contributed by atoms with Gasteiger partial charge >= 0.3 is 0 Å². The fourth-order valence-corrected chi connectivity index (χ4v) is 2.88. The largest absolute Gasteiger partial charge is 0.454 e. The lowest BCUT2D eigenvalue weighted by molar-refractivity contribution is -0.117. The van der Waals surface area contributed by atoms with Crippen LogP contribution >= 0.6 is 15.9 Å². The molecule has 5 nitrogen and oxygen atoms in total. The average Bonchev–Trinajstić information content (AvgIpc) is 3.07. The van der Waals surface area contributed by atoms with E-state index < -0.39 is 5.91 Å². The number of halogens is 1. The predicted octanol–water partition coefficient (Wildman–Crippen LogP) is 3.96. The number of hydrogen-bond donors (Lipinski definition) is 1. The van der Waals surface area contributed by atoms with E-state index in [1.165, 1.54) is 6.08 Å². The number of nitriles is 1.